The zero-order valence-electron chi connectivity index (χ0n) is 14.1. The molecule has 2 amide bonds. The summed E-state index contributed by atoms with van der Waals surface area (Å²) in [7, 11) is -3.96. The third-order valence-electron chi connectivity index (χ3n) is 3.32. The first-order valence-corrected chi connectivity index (χ1v) is 9.12. The number of carbonyl (C=O) groups is 2. The normalized spacial score (nSPS) is 12.3. The molecule has 9 heteroatoms. The maximum atomic E-state index is 12.9. The molecule has 0 heterocycles. The largest absolute Gasteiger partial charge is 0.326 e. The number of hydrogen-bond donors (Lipinski definition) is 3. The topological polar surface area (TPSA) is 104 Å². The number of benzene rings is 2. The summed E-state index contributed by atoms with van der Waals surface area (Å²) in [4.78, 5) is 23.0. The lowest BCUT2D eigenvalue weighted by Gasteiger charge is -2.15. The van der Waals surface area contributed by atoms with E-state index in [4.69, 9.17) is 0 Å². The van der Waals surface area contributed by atoms with Crippen LogP contribution in [0.25, 0.3) is 0 Å². The fraction of sp³-hybridized carbons (Fsp3) is 0.176. The van der Waals surface area contributed by atoms with Crippen molar-refractivity contribution in [2.45, 2.75) is 24.8 Å². The summed E-state index contributed by atoms with van der Waals surface area (Å²) >= 11 is 0. The van der Waals surface area contributed by atoms with Crippen LogP contribution >= 0.6 is 0 Å². The van der Waals surface area contributed by atoms with E-state index in [9.17, 15) is 22.4 Å². The Morgan fingerprint density at radius 2 is 1.42 bits per heavy atom. The number of nitrogens with one attached hydrogen (secondary N) is 3. The van der Waals surface area contributed by atoms with Crippen molar-refractivity contribution < 1.29 is 22.4 Å². The van der Waals surface area contributed by atoms with Gasteiger partial charge in [0, 0.05) is 18.3 Å². The molecule has 0 radical (unpaired) electrons. The van der Waals surface area contributed by atoms with Gasteiger partial charge in [0.05, 0.1) is 10.9 Å². The van der Waals surface area contributed by atoms with Gasteiger partial charge in [0.15, 0.2) is 0 Å². The van der Waals surface area contributed by atoms with E-state index in [-0.39, 0.29) is 10.8 Å². The van der Waals surface area contributed by atoms with E-state index in [1.807, 2.05) is 0 Å². The number of halogens is 1. The Morgan fingerprint density at radius 3 is 1.92 bits per heavy atom. The predicted molar refractivity (Wildman–Crippen MR) is 95.6 cm³/mol. The fourth-order valence-corrected chi connectivity index (χ4v) is 3.26. The van der Waals surface area contributed by atoms with Crippen LogP contribution in [0.15, 0.2) is 53.4 Å². The molecule has 2 aromatic rings. The standard InChI is InChI=1S/C17H18FN3O4S/c1-11(21-26(24,25)16-9-3-13(18)4-10-16)17(23)20-15-7-5-14(6-8-15)19-12(2)22/h3-11,21H,1-2H3,(H,19,22)(H,20,23)/t11-/m0/s1. The van der Waals surface area contributed by atoms with Gasteiger partial charge in [-0.2, -0.15) is 4.72 Å². The summed E-state index contributed by atoms with van der Waals surface area (Å²) in [5.41, 5.74) is 1.01. The molecule has 0 saturated heterocycles. The Balaban J connectivity index is 2.00. The minimum Gasteiger partial charge on any atom is -0.326 e. The maximum Gasteiger partial charge on any atom is 0.242 e. The van der Waals surface area contributed by atoms with E-state index in [0.717, 1.165) is 24.3 Å². The minimum absolute atomic E-state index is 0.141. The average molecular weight is 379 g/mol. The van der Waals surface area contributed by atoms with Crippen molar-refractivity contribution in [1.82, 2.24) is 4.72 Å². The first kappa shape index (κ1) is 19.5. The third-order valence-corrected chi connectivity index (χ3v) is 4.88. The lowest BCUT2D eigenvalue weighted by molar-refractivity contribution is -0.117. The summed E-state index contributed by atoms with van der Waals surface area (Å²) in [6, 6.07) is 9.57. The van der Waals surface area contributed by atoms with Crippen molar-refractivity contribution in [2.75, 3.05) is 10.6 Å². The smallest absolute Gasteiger partial charge is 0.242 e. The van der Waals surface area contributed by atoms with Gasteiger partial charge in [-0.15, -0.1) is 0 Å². The van der Waals surface area contributed by atoms with Crippen LogP contribution in [0, 0.1) is 5.82 Å². The Morgan fingerprint density at radius 1 is 0.923 bits per heavy atom. The molecule has 1 atom stereocenters. The zero-order valence-corrected chi connectivity index (χ0v) is 14.9. The molecule has 0 aliphatic carbocycles. The van der Waals surface area contributed by atoms with Gasteiger partial charge in [0.1, 0.15) is 5.82 Å². The summed E-state index contributed by atoms with van der Waals surface area (Å²) in [5.74, 6) is -1.34. The van der Waals surface area contributed by atoms with Crippen LogP contribution in [0.1, 0.15) is 13.8 Å². The molecule has 2 rings (SSSR count). The van der Waals surface area contributed by atoms with Crippen molar-refractivity contribution in [2.24, 2.45) is 0 Å². The molecule has 3 N–H and O–H groups in total. The Kier molecular flexibility index (Phi) is 6.06. The molecular weight excluding hydrogens is 361 g/mol. The lowest BCUT2D eigenvalue weighted by Crippen LogP contribution is -2.41. The molecule has 26 heavy (non-hydrogen) atoms. The molecule has 0 aliphatic heterocycles. The summed E-state index contributed by atoms with van der Waals surface area (Å²) in [5, 5.41) is 5.16. The number of anilines is 2. The molecule has 0 bridgehead atoms. The molecule has 0 spiro atoms. The first-order valence-electron chi connectivity index (χ1n) is 7.64. The Labute approximate surface area is 150 Å². The lowest BCUT2D eigenvalue weighted by atomic mass is 10.2. The second kappa shape index (κ2) is 8.07. The van der Waals surface area contributed by atoms with Crippen molar-refractivity contribution in [3.05, 3.63) is 54.3 Å². The van der Waals surface area contributed by atoms with Crippen LogP contribution in [0.3, 0.4) is 0 Å². The van der Waals surface area contributed by atoms with E-state index in [1.54, 1.807) is 24.3 Å². The Hall–Kier alpha value is -2.78. The second-order valence-corrected chi connectivity index (χ2v) is 7.26. The van der Waals surface area contributed by atoms with E-state index in [2.05, 4.69) is 15.4 Å². The Bertz CT molecular complexity index is 897. The van der Waals surface area contributed by atoms with Gasteiger partial charge in [-0.25, -0.2) is 12.8 Å². The minimum atomic E-state index is -3.96. The molecule has 0 saturated carbocycles. The second-order valence-electron chi connectivity index (χ2n) is 5.54. The van der Waals surface area contributed by atoms with Gasteiger partial charge >= 0.3 is 0 Å². The molecule has 0 unspecified atom stereocenters. The van der Waals surface area contributed by atoms with Crippen LogP contribution in [-0.2, 0) is 19.6 Å². The fourth-order valence-electron chi connectivity index (χ4n) is 2.06. The van der Waals surface area contributed by atoms with Gasteiger partial charge in [-0.3, -0.25) is 9.59 Å². The third kappa shape index (κ3) is 5.36. The number of sulfonamides is 1. The molecule has 0 fully saturated rings. The van der Waals surface area contributed by atoms with E-state index >= 15 is 0 Å². The monoisotopic (exact) mass is 379 g/mol. The van der Waals surface area contributed by atoms with Crippen LogP contribution in [0.5, 0.6) is 0 Å². The quantitative estimate of drug-likeness (QED) is 0.715. The highest BCUT2D eigenvalue weighted by molar-refractivity contribution is 7.89. The highest BCUT2D eigenvalue weighted by Gasteiger charge is 2.22. The van der Waals surface area contributed by atoms with Gasteiger partial charge < -0.3 is 10.6 Å². The number of hydrogen-bond acceptors (Lipinski definition) is 4. The van der Waals surface area contributed by atoms with Crippen LogP contribution < -0.4 is 15.4 Å². The van der Waals surface area contributed by atoms with E-state index < -0.39 is 27.8 Å². The van der Waals surface area contributed by atoms with Gasteiger partial charge in [0.25, 0.3) is 0 Å². The number of carbonyl (C=O) groups excluding carboxylic acids is 2. The zero-order chi connectivity index (χ0) is 19.3. The van der Waals surface area contributed by atoms with E-state index in [1.165, 1.54) is 13.8 Å². The van der Waals surface area contributed by atoms with Crippen LogP contribution in [0.2, 0.25) is 0 Å². The molecule has 0 aromatic heterocycles. The molecule has 7 nitrogen and oxygen atoms in total. The van der Waals surface area contributed by atoms with Gasteiger partial charge in [-0.1, -0.05) is 0 Å². The molecular formula is C17H18FN3O4S. The molecule has 0 aliphatic rings. The highest BCUT2D eigenvalue weighted by atomic mass is 32.2. The molecule has 138 valence electrons. The van der Waals surface area contributed by atoms with Crippen LogP contribution in [-0.4, -0.2) is 26.3 Å². The SMILES string of the molecule is CC(=O)Nc1ccc(NC(=O)[C@H](C)NS(=O)(=O)c2ccc(F)cc2)cc1. The van der Waals surface area contributed by atoms with E-state index in [0.29, 0.717) is 11.4 Å². The molecule has 2 aromatic carbocycles. The van der Waals surface area contributed by atoms with Crippen molar-refractivity contribution in [3.8, 4) is 0 Å². The summed E-state index contributed by atoms with van der Waals surface area (Å²) in [6.07, 6.45) is 0. The number of amides is 2. The maximum absolute atomic E-state index is 12.9. The van der Waals surface area contributed by atoms with Crippen molar-refractivity contribution in [3.63, 3.8) is 0 Å². The highest BCUT2D eigenvalue weighted by Crippen LogP contribution is 2.14. The van der Waals surface area contributed by atoms with Gasteiger partial charge in [0.2, 0.25) is 21.8 Å². The predicted octanol–water partition coefficient (Wildman–Crippen LogP) is 2.09. The van der Waals surface area contributed by atoms with Crippen molar-refractivity contribution in [1.29, 1.82) is 0 Å². The average Bonchev–Trinajstić information content (AvgIpc) is 2.56. The summed E-state index contributed by atoms with van der Waals surface area (Å²) < 4.78 is 39.5. The summed E-state index contributed by atoms with van der Waals surface area (Å²) in [6.45, 7) is 2.77. The van der Waals surface area contributed by atoms with Gasteiger partial charge in [-0.05, 0) is 55.5 Å². The van der Waals surface area contributed by atoms with Crippen LogP contribution in [0.4, 0.5) is 15.8 Å². The number of rotatable bonds is 6. The first-order chi connectivity index (χ1) is 12.2. The van der Waals surface area contributed by atoms with Crippen molar-refractivity contribution >= 4 is 33.2 Å².